The van der Waals surface area contributed by atoms with Gasteiger partial charge in [-0.15, -0.1) is 0 Å². The van der Waals surface area contributed by atoms with E-state index in [4.69, 9.17) is 12.4 Å². The van der Waals surface area contributed by atoms with Gasteiger partial charge in [0.1, 0.15) is 6.20 Å². The molecule has 1 aliphatic heterocycles. The third-order valence-electron chi connectivity index (χ3n) is 0.826. The summed E-state index contributed by atoms with van der Waals surface area (Å²) in [5.74, 6) is 0. The predicted molar refractivity (Wildman–Crippen MR) is 42.9 cm³/mol. The Morgan fingerprint density at radius 3 is 3.00 bits per heavy atom. The number of hydrazone groups is 1. The largest absolute Gasteiger partial charge is 0.324 e. The molecule has 1 heterocycles. The lowest BCUT2D eigenvalue weighted by Crippen LogP contribution is -1.94. The van der Waals surface area contributed by atoms with Gasteiger partial charge in [-0.2, -0.15) is 0 Å². The van der Waals surface area contributed by atoms with Crippen LogP contribution in [0.15, 0.2) is 34.5 Å². The maximum absolute atomic E-state index is 4.71. The molecule has 0 aromatic heterocycles. The Morgan fingerprint density at radius 2 is 2.10 bits per heavy atom. The molecular weight excluding hydrogens is 146 g/mol. The van der Waals surface area contributed by atoms with E-state index in [0.717, 1.165) is 0 Å². The molecule has 0 aromatic carbocycles. The van der Waals surface area contributed by atoms with Gasteiger partial charge in [-0.3, -0.25) is 0 Å². The Balaban J connectivity index is 2.80. The highest BCUT2D eigenvalue weighted by Gasteiger charge is 1.87. The maximum atomic E-state index is 4.71. The van der Waals surface area contributed by atoms with Gasteiger partial charge in [0.15, 0.2) is 12.4 Å². The van der Waals surface area contributed by atoms with E-state index in [-0.39, 0.29) is 0 Å². The first-order valence-corrected chi connectivity index (χ1v) is 3.11. The van der Waals surface area contributed by atoms with Crippen LogP contribution in [-0.2, 0) is 12.4 Å². The fourth-order valence-electron chi connectivity index (χ4n) is 0.443. The third-order valence-corrected chi connectivity index (χ3v) is 1.01. The molecule has 0 saturated heterocycles. The highest BCUT2D eigenvalue weighted by Crippen LogP contribution is 1.81. The van der Waals surface area contributed by atoms with Gasteiger partial charge in [0.05, 0.1) is 6.21 Å². The van der Waals surface area contributed by atoms with Crippen LogP contribution in [0.3, 0.4) is 0 Å². The van der Waals surface area contributed by atoms with Crippen LogP contribution in [0.1, 0.15) is 0 Å². The average molecular weight is 152 g/mol. The zero-order chi connectivity index (χ0) is 7.23. The van der Waals surface area contributed by atoms with E-state index in [2.05, 4.69) is 10.1 Å². The topological polar surface area (TPSA) is 27.7 Å². The van der Waals surface area contributed by atoms with Crippen LogP contribution in [0.25, 0.3) is 0 Å². The highest BCUT2D eigenvalue weighted by atomic mass is 32.1. The second-order valence-electron chi connectivity index (χ2n) is 1.56. The third kappa shape index (κ3) is 2.41. The predicted octanol–water partition coefficient (Wildman–Crippen LogP) is 0.827. The molecule has 50 valence electrons. The lowest BCUT2D eigenvalue weighted by molar-refractivity contribution is -0.368. The molecule has 0 aromatic rings. The standard InChI is InChI=1S/C6H6N3S/c10-9-6-7-4-2-1-3-5-8-9/h1-6H/q+1/b3-1-,4-2+,7-6-,8-5+. The SMILES string of the molecule is S=[N+]1\C=N/C=C/C=C\C=N\1. The van der Waals surface area contributed by atoms with E-state index >= 15 is 0 Å². The molecule has 1 aliphatic rings. The maximum Gasteiger partial charge on any atom is 0.324 e. The van der Waals surface area contributed by atoms with Crippen molar-refractivity contribution in [1.29, 1.82) is 0 Å². The molecule has 10 heavy (non-hydrogen) atoms. The van der Waals surface area contributed by atoms with Crippen LogP contribution in [0.5, 0.6) is 0 Å². The molecule has 0 spiro atoms. The summed E-state index contributed by atoms with van der Waals surface area (Å²) in [4.78, 5) is 3.82. The van der Waals surface area contributed by atoms with Gasteiger partial charge in [-0.25, -0.2) is 0 Å². The molecule has 0 aliphatic carbocycles. The van der Waals surface area contributed by atoms with Crippen LogP contribution in [0.4, 0.5) is 0 Å². The van der Waals surface area contributed by atoms with Crippen molar-refractivity contribution >= 4 is 25.0 Å². The fourth-order valence-corrected chi connectivity index (χ4v) is 0.552. The summed E-state index contributed by atoms with van der Waals surface area (Å²) >= 11 is 4.71. The van der Waals surface area contributed by atoms with E-state index in [1.807, 2.05) is 6.08 Å². The molecule has 0 bridgehead atoms. The number of hydrogen-bond donors (Lipinski definition) is 0. The van der Waals surface area contributed by atoms with E-state index < -0.39 is 0 Å². The van der Waals surface area contributed by atoms with E-state index in [1.165, 1.54) is 10.4 Å². The molecule has 1 rings (SSSR count). The average Bonchev–Trinajstić information content (AvgIpc) is 2.02. The van der Waals surface area contributed by atoms with Crippen molar-refractivity contribution < 1.29 is 4.05 Å². The van der Waals surface area contributed by atoms with Gasteiger partial charge in [-0.05, 0) is 16.2 Å². The first-order chi connectivity index (χ1) is 4.89. The van der Waals surface area contributed by atoms with Crippen LogP contribution >= 0.6 is 0 Å². The quantitative estimate of drug-likeness (QED) is 0.472. The zero-order valence-electron chi connectivity index (χ0n) is 5.21. The molecule has 3 nitrogen and oxygen atoms in total. The number of nitrogens with zero attached hydrogens (tertiary/aromatic N) is 3. The number of aliphatic imine (C=N–C) groups is 1. The molecule has 0 saturated carbocycles. The van der Waals surface area contributed by atoms with Crippen molar-refractivity contribution in [3.8, 4) is 0 Å². The Bertz CT molecular complexity index is 213. The van der Waals surface area contributed by atoms with Gasteiger partial charge in [0.25, 0.3) is 0 Å². The van der Waals surface area contributed by atoms with Crippen LogP contribution in [0, 0.1) is 0 Å². The molecule has 0 unspecified atom stereocenters. The fraction of sp³-hybridized carbons (Fsp3) is 0. The number of allylic oxidation sites excluding steroid dienone is 3. The molecule has 0 radical (unpaired) electrons. The van der Waals surface area contributed by atoms with E-state index in [0.29, 0.717) is 0 Å². The Hall–Kier alpha value is -1.16. The summed E-state index contributed by atoms with van der Waals surface area (Å²) < 4.78 is 1.22. The summed E-state index contributed by atoms with van der Waals surface area (Å²) in [6.07, 6.45) is 10.1. The van der Waals surface area contributed by atoms with Crippen LogP contribution in [0.2, 0.25) is 0 Å². The second-order valence-corrected chi connectivity index (χ2v) is 1.93. The van der Waals surface area contributed by atoms with E-state index in [9.17, 15) is 0 Å². The van der Waals surface area contributed by atoms with Crippen LogP contribution in [-0.4, -0.2) is 16.6 Å². The van der Waals surface area contributed by atoms with Crippen molar-refractivity contribution in [2.24, 2.45) is 10.1 Å². The minimum Gasteiger partial charge on any atom is -0.0736 e. The Labute approximate surface area is 64.2 Å². The van der Waals surface area contributed by atoms with Gasteiger partial charge in [0, 0.05) is 0 Å². The summed E-state index contributed by atoms with van der Waals surface area (Å²) in [5.41, 5.74) is 0. The van der Waals surface area contributed by atoms with Gasteiger partial charge >= 0.3 is 6.34 Å². The summed E-state index contributed by atoms with van der Waals surface area (Å²) in [7, 11) is 0. The zero-order valence-corrected chi connectivity index (χ0v) is 6.03. The molecule has 0 N–H and O–H groups in total. The van der Waals surface area contributed by atoms with Gasteiger partial charge in [-0.1, -0.05) is 16.2 Å². The minimum atomic E-state index is 1.22. The molecule has 0 fully saturated rings. The minimum absolute atomic E-state index is 1.22. The van der Waals surface area contributed by atoms with Crippen LogP contribution < -0.4 is 0 Å². The number of hydrogen-bond acceptors (Lipinski definition) is 2. The van der Waals surface area contributed by atoms with Gasteiger partial charge < -0.3 is 0 Å². The lowest BCUT2D eigenvalue weighted by atomic mass is 10.5. The smallest absolute Gasteiger partial charge is 0.0736 e. The van der Waals surface area contributed by atoms with Gasteiger partial charge in [0.2, 0.25) is 0 Å². The van der Waals surface area contributed by atoms with Crippen molar-refractivity contribution in [1.82, 2.24) is 0 Å². The van der Waals surface area contributed by atoms with Crippen molar-refractivity contribution in [2.75, 3.05) is 0 Å². The monoisotopic (exact) mass is 152 g/mol. The molecule has 0 amide bonds. The summed E-state index contributed by atoms with van der Waals surface area (Å²) in [6, 6.07) is 0. The highest BCUT2D eigenvalue weighted by molar-refractivity contribution is 7.44. The Kier molecular flexibility index (Phi) is 2.63. The first kappa shape index (κ1) is 6.95. The lowest BCUT2D eigenvalue weighted by Gasteiger charge is -1.74. The van der Waals surface area contributed by atoms with E-state index in [1.54, 1.807) is 24.6 Å². The summed E-state index contributed by atoms with van der Waals surface area (Å²) in [6.45, 7) is 0. The first-order valence-electron chi connectivity index (χ1n) is 2.75. The van der Waals surface area contributed by atoms with Crippen molar-refractivity contribution in [3.05, 3.63) is 24.4 Å². The molecule has 4 heteroatoms. The summed E-state index contributed by atoms with van der Waals surface area (Å²) in [5, 5.41) is 3.79. The normalized spacial score (nSPS) is 29.4. The van der Waals surface area contributed by atoms with Crippen molar-refractivity contribution in [3.63, 3.8) is 0 Å². The van der Waals surface area contributed by atoms with Crippen molar-refractivity contribution in [2.45, 2.75) is 0 Å². The molecule has 0 atom stereocenters. The second kappa shape index (κ2) is 3.79. The Morgan fingerprint density at radius 1 is 1.20 bits per heavy atom. The number of rotatable bonds is 0. The molecular formula is C6H6N3S+.